The Labute approximate surface area is 175 Å². The zero-order chi connectivity index (χ0) is 20.4. The maximum absolute atomic E-state index is 10.8. The molecule has 2 atom stereocenters. The number of aromatic nitrogens is 2. The number of allylic oxidation sites excluding steroid dienone is 2. The third kappa shape index (κ3) is 4.36. The number of nitrogens with zero attached hydrogens (tertiary/aromatic N) is 5. The topological polar surface area (TPSA) is 90.2 Å². The van der Waals surface area contributed by atoms with Crippen molar-refractivity contribution in [2.75, 3.05) is 26.0 Å². The zero-order valence-corrected chi connectivity index (χ0v) is 17.9. The number of fused-ring (bicyclic) bond motifs is 1. The number of aliphatic hydroxyl groups is 1. The van der Waals surface area contributed by atoms with Crippen molar-refractivity contribution in [3.8, 4) is 0 Å². The molecule has 3 N–H and O–H groups in total. The monoisotopic (exact) mass is 419 g/mol. The second-order valence-electron chi connectivity index (χ2n) is 7.25. The third-order valence-electron chi connectivity index (χ3n) is 5.40. The summed E-state index contributed by atoms with van der Waals surface area (Å²) in [5.74, 6) is 0.664. The van der Waals surface area contributed by atoms with Gasteiger partial charge in [0.2, 0.25) is 0 Å². The molecular formula is C19H29N7O2S. The molecule has 2 unspecified atom stereocenters. The molecule has 3 aliphatic heterocycles. The normalized spacial score (nSPS) is 24.2. The number of aliphatic hydroxyl groups excluding tert-OH is 1. The average Bonchev–Trinajstić information content (AvgIpc) is 3.37. The van der Waals surface area contributed by atoms with E-state index in [0.29, 0.717) is 24.1 Å². The summed E-state index contributed by atoms with van der Waals surface area (Å²) in [6.45, 7) is 6.66. The van der Waals surface area contributed by atoms with Crippen LogP contribution in [0, 0.1) is 0 Å². The predicted octanol–water partition coefficient (Wildman–Crippen LogP) is 2.07. The lowest BCUT2D eigenvalue weighted by molar-refractivity contribution is 0.0159. The molecular weight excluding hydrogens is 390 g/mol. The van der Waals surface area contributed by atoms with Gasteiger partial charge in [-0.05, 0) is 39.0 Å². The second kappa shape index (κ2) is 8.88. The molecule has 1 saturated heterocycles. The van der Waals surface area contributed by atoms with E-state index >= 15 is 0 Å². The molecule has 158 valence electrons. The van der Waals surface area contributed by atoms with Gasteiger partial charge in [0, 0.05) is 49.3 Å². The van der Waals surface area contributed by atoms with Crippen LogP contribution >= 0.6 is 11.9 Å². The SMILES string of the molecule is CCOC(C)n1cc(C2=C(O)C3=NC(NC4CCN(SC)CC4)NN3C=C2)cn1. The highest BCUT2D eigenvalue weighted by atomic mass is 32.2. The molecule has 4 heterocycles. The Morgan fingerprint density at radius 2 is 2.21 bits per heavy atom. The molecule has 4 rings (SSSR count). The first-order chi connectivity index (χ1) is 14.1. The molecule has 0 amide bonds. The number of nitrogens with one attached hydrogen (secondary N) is 2. The summed E-state index contributed by atoms with van der Waals surface area (Å²) in [4.78, 5) is 4.66. The fourth-order valence-corrected chi connectivity index (χ4v) is 4.35. The quantitative estimate of drug-likeness (QED) is 0.579. The Balaban J connectivity index is 1.45. The molecule has 1 aromatic rings. The van der Waals surface area contributed by atoms with Crippen LogP contribution in [0.3, 0.4) is 0 Å². The molecule has 1 aromatic heterocycles. The molecule has 0 bridgehead atoms. The summed E-state index contributed by atoms with van der Waals surface area (Å²) >= 11 is 1.80. The highest BCUT2D eigenvalue weighted by molar-refractivity contribution is 7.96. The van der Waals surface area contributed by atoms with Crippen LogP contribution in [0.4, 0.5) is 0 Å². The Bertz CT molecular complexity index is 813. The first kappa shape index (κ1) is 20.4. The largest absolute Gasteiger partial charge is 0.504 e. The van der Waals surface area contributed by atoms with Crippen molar-refractivity contribution in [3.63, 3.8) is 0 Å². The highest BCUT2D eigenvalue weighted by Crippen LogP contribution is 2.27. The average molecular weight is 420 g/mol. The molecule has 0 aromatic carbocycles. The minimum absolute atomic E-state index is 0.144. The number of ether oxygens (including phenoxy) is 1. The lowest BCUT2D eigenvalue weighted by Gasteiger charge is -2.31. The smallest absolute Gasteiger partial charge is 0.188 e. The highest BCUT2D eigenvalue weighted by Gasteiger charge is 2.32. The zero-order valence-electron chi connectivity index (χ0n) is 17.1. The van der Waals surface area contributed by atoms with Crippen LogP contribution in [-0.2, 0) is 4.74 Å². The van der Waals surface area contributed by atoms with Crippen LogP contribution in [0.2, 0.25) is 0 Å². The summed E-state index contributed by atoms with van der Waals surface area (Å²) in [6.07, 6.45) is 11.3. The van der Waals surface area contributed by atoms with Gasteiger partial charge >= 0.3 is 0 Å². The van der Waals surface area contributed by atoms with E-state index in [0.717, 1.165) is 31.5 Å². The molecule has 3 aliphatic rings. The fraction of sp³-hybridized carbons (Fsp3) is 0.579. The Kier molecular flexibility index (Phi) is 6.26. The predicted molar refractivity (Wildman–Crippen MR) is 115 cm³/mol. The van der Waals surface area contributed by atoms with Crippen molar-refractivity contribution in [2.24, 2.45) is 4.99 Å². The summed E-state index contributed by atoms with van der Waals surface area (Å²) in [5, 5.41) is 20.5. The van der Waals surface area contributed by atoms with Crippen molar-refractivity contribution >= 4 is 23.4 Å². The van der Waals surface area contributed by atoms with Crippen LogP contribution in [0.5, 0.6) is 0 Å². The van der Waals surface area contributed by atoms with Gasteiger partial charge in [-0.15, -0.1) is 0 Å². The van der Waals surface area contributed by atoms with Gasteiger partial charge in [-0.1, -0.05) is 11.9 Å². The summed E-state index contributed by atoms with van der Waals surface area (Å²) in [6, 6.07) is 0.412. The van der Waals surface area contributed by atoms with E-state index in [-0.39, 0.29) is 18.3 Å². The van der Waals surface area contributed by atoms with E-state index in [2.05, 4.69) is 31.4 Å². The minimum atomic E-state index is -0.248. The van der Waals surface area contributed by atoms with Gasteiger partial charge in [0.1, 0.15) is 6.23 Å². The van der Waals surface area contributed by atoms with E-state index in [1.54, 1.807) is 27.8 Å². The molecule has 0 saturated carbocycles. The Morgan fingerprint density at radius 1 is 1.41 bits per heavy atom. The number of amidine groups is 1. The van der Waals surface area contributed by atoms with E-state index in [4.69, 9.17) is 4.74 Å². The second-order valence-corrected chi connectivity index (χ2v) is 8.13. The molecule has 0 spiro atoms. The van der Waals surface area contributed by atoms with E-state index in [9.17, 15) is 5.11 Å². The van der Waals surface area contributed by atoms with Crippen molar-refractivity contribution < 1.29 is 9.84 Å². The van der Waals surface area contributed by atoms with Crippen LogP contribution in [-0.4, -0.2) is 68.3 Å². The molecule has 0 radical (unpaired) electrons. The van der Waals surface area contributed by atoms with Crippen molar-refractivity contribution in [2.45, 2.75) is 45.2 Å². The van der Waals surface area contributed by atoms with Gasteiger partial charge in [-0.25, -0.2) is 9.67 Å². The maximum atomic E-state index is 10.8. The first-order valence-corrected chi connectivity index (χ1v) is 11.2. The number of hydrazine groups is 1. The van der Waals surface area contributed by atoms with Crippen LogP contribution in [0.1, 0.15) is 38.5 Å². The number of piperidine rings is 1. The van der Waals surface area contributed by atoms with Gasteiger partial charge in [-0.3, -0.25) is 14.6 Å². The molecule has 10 heteroatoms. The van der Waals surface area contributed by atoms with Crippen molar-refractivity contribution in [3.05, 3.63) is 36.0 Å². The lowest BCUT2D eigenvalue weighted by atomic mass is 10.1. The fourth-order valence-electron chi connectivity index (χ4n) is 3.77. The number of rotatable bonds is 7. The summed E-state index contributed by atoms with van der Waals surface area (Å²) in [7, 11) is 0. The third-order valence-corrected chi connectivity index (χ3v) is 6.28. The van der Waals surface area contributed by atoms with Gasteiger partial charge in [0.25, 0.3) is 0 Å². The lowest BCUT2D eigenvalue weighted by Crippen LogP contribution is -2.50. The van der Waals surface area contributed by atoms with Gasteiger partial charge in [0.05, 0.1) is 6.20 Å². The maximum Gasteiger partial charge on any atom is 0.188 e. The van der Waals surface area contributed by atoms with Crippen molar-refractivity contribution in [1.82, 2.24) is 29.8 Å². The molecule has 29 heavy (non-hydrogen) atoms. The van der Waals surface area contributed by atoms with Crippen LogP contribution in [0.25, 0.3) is 5.57 Å². The van der Waals surface area contributed by atoms with Gasteiger partial charge < -0.3 is 9.84 Å². The molecule has 9 nitrogen and oxygen atoms in total. The number of hydrogen-bond donors (Lipinski definition) is 3. The Morgan fingerprint density at radius 3 is 2.93 bits per heavy atom. The molecule has 1 fully saturated rings. The minimum Gasteiger partial charge on any atom is -0.504 e. The van der Waals surface area contributed by atoms with E-state index in [1.807, 2.05) is 32.3 Å². The first-order valence-electron chi connectivity index (χ1n) is 10.0. The van der Waals surface area contributed by atoms with Crippen LogP contribution < -0.4 is 10.7 Å². The van der Waals surface area contributed by atoms with E-state index in [1.165, 1.54) is 0 Å². The Hall–Kier alpha value is -1.85. The van der Waals surface area contributed by atoms with Crippen molar-refractivity contribution in [1.29, 1.82) is 0 Å². The number of aliphatic imine (C=N–C) groups is 1. The summed E-state index contributed by atoms with van der Waals surface area (Å²) < 4.78 is 9.70. The van der Waals surface area contributed by atoms with Gasteiger partial charge in [-0.2, -0.15) is 10.5 Å². The molecule has 0 aliphatic carbocycles. The van der Waals surface area contributed by atoms with E-state index < -0.39 is 0 Å². The standard InChI is InChI=1S/C19H29N7O2S/c1-4-28-13(2)26-12-14(11-20-26)16-7-10-25-18(17(16)27)22-19(23-25)21-15-5-8-24(29-3)9-6-15/h7,10-13,15,19,21,23,27H,4-6,8-9H2,1-3H3. The van der Waals surface area contributed by atoms with Crippen LogP contribution in [0.15, 0.2) is 35.4 Å². The van der Waals surface area contributed by atoms with Gasteiger partial charge in [0.15, 0.2) is 17.9 Å². The summed E-state index contributed by atoms with van der Waals surface area (Å²) in [5.41, 5.74) is 4.81. The number of hydrogen-bond acceptors (Lipinski definition) is 9.